The van der Waals surface area contributed by atoms with Gasteiger partial charge in [-0.15, -0.1) is 0 Å². The Morgan fingerprint density at radius 3 is 2.81 bits per heavy atom. The summed E-state index contributed by atoms with van der Waals surface area (Å²) in [5.41, 5.74) is 4.86. The number of hydrogen-bond donors (Lipinski definition) is 1. The number of nitrogens with one attached hydrogen (secondary N) is 1. The average Bonchev–Trinajstić information content (AvgIpc) is 3.39. The van der Waals surface area contributed by atoms with Crippen LogP contribution in [0.3, 0.4) is 0 Å². The standard InChI is InChI=1S/C28H28N6O3/c1-36-22-9-7-18(25(14-22)37-2)17-34-27-19(16-30-34)12-20(15-29-27)28(35)31-21-8-10-24-23(13-21)32-26-6-4-3-5-11-33(24)26/h7-10,12-16H,3-6,11,17H2,1-2H3,(H,31,35). The quantitative estimate of drug-likeness (QED) is 0.362. The minimum Gasteiger partial charge on any atom is -0.497 e. The zero-order valence-electron chi connectivity index (χ0n) is 20.9. The summed E-state index contributed by atoms with van der Waals surface area (Å²) in [7, 11) is 3.25. The minimum absolute atomic E-state index is 0.223. The molecule has 0 unspecified atom stereocenters. The number of ether oxygens (including phenoxy) is 2. The monoisotopic (exact) mass is 496 g/mol. The third-order valence-electron chi connectivity index (χ3n) is 6.92. The average molecular weight is 497 g/mol. The van der Waals surface area contributed by atoms with E-state index in [-0.39, 0.29) is 5.91 Å². The second-order valence-electron chi connectivity index (χ2n) is 9.26. The van der Waals surface area contributed by atoms with Crippen LogP contribution in [0.4, 0.5) is 5.69 Å². The summed E-state index contributed by atoms with van der Waals surface area (Å²) in [6.07, 6.45) is 7.90. The largest absolute Gasteiger partial charge is 0.497 e. The molecule has 37 heavy (non-hydrogen) atoms. The number of carbonyl (C=O) groups is 1. The van der Waals surface area contributed by atoms with Crippen LogP contribution in [0.1, 0.15) is 41.0 Å². The maximum Gasteiger partial charge on any atom is 0.257 e. The molecule has 1 aliphatic rings. The van der Waals surface area contributed by atoms with Crippen molar-refractivity contribution in [3.8, 4) is 11.5 Å². The molecule has 0 aliphatic carbocycles. The van der Waals surface area contributed by atoms with Gasteiger partial charge in [-0.05, 0) is 49.2 Å². The number of benzene rings is 2. The van der Waals surface area contributed by atoms with Gasteiger partial charge in [0.1, 0.15) is 17.3 Å². The molecule has 4 heterocycles. The number of nitrogens with zero attached hydrogens (tertiary/aromatic N) is 5. The first-order valence-electron chi connectivity index (χ1n) is 12.5. The van der Waals surface area contributed by atoms with Gasteiger partial charge in [0.2, 0.25) is 0 Å². The van der Waals surface area contributed by atoms with E-state index in [4.69, 9.17) is 14.5 Å². The van der Waals surface area contributed by atoms with Crippen LogP contribution in [-0.2, 0) is 19.5 Å². The molecule has 1 N–H and O–H groups in total. The third-order valence-corrected chi connectivity index (χ3v) is 6.92. The van der Waals surface area contributed by atoms with Crippen LogP contribution in [-0.4, -0.2) is 44.4 Å². The van der Waals surface area contributed by atoms with E-state index in [1.165, 1.54) is 19.3 Å². The Morgan fingerprint density at radius 1 is 1.03 bits per heavy atom. The summed E-state index contributed by atoms with van der Waals surface area (Å²) in [4.78, 5) is 22.4. The van der Waals surface area contributed by atoms with Crippen molar-refractivity contribution in [3.63, 3.8) is 0 Å². The molecule has 188 valence electrons. The van der Waals surface area contributed by atoms with Crippen molar-refractivity contribution in [2.24, 2.45) is 0 Å². The van der Waals surface area contributed by atoms with Gasteiger partial charge in [-0.3, -0.25) is 4.79 Å². The van der Waals surface area contributed by atoms with E-state index >= 15 is 0 Å². The number of fused-ring (bicyclic) bond motifs is 4. The highest BCUT2D eigenvalue weighted by Crippen LogP contribution is 2.27. The maximum absolute atomic E-state index is 13.0. The summed E-state index contributed by atoms with van der Waals surface area (Å²) in [5.74, 6) is 2.35. The Hall–Kier alpha value is -4.40. The molecule has 5 aromatic rings. The first-order valence-corrected chi connectivity index (χ1v) is 12.5. The van der Waals surface area contributed by atoms with E-state index in [1.54, 1.807) is 31.3 Å². The number of anilines is 1. The maximum atomic E-state index is 13.0. The SMILES string of the molecule is COc1ccc(Cn2ncc3cc(C(=O)Nc4ccc5c(c4)nc4n5CCCCC4)cnc32)c(OC)c1. The topological polar surface area (TPSA) is 96.1 Å². The van der Waals surface area contributed by atoms with Gasteiger partial charge in [-0.2, -0.15) is 5.10 Å². The van der Waals surface area contributed by atoms with E-state index in [1.807, 2.05) is 42.5 Å². The Balaban J connectivity index is 1.21. The lowest BCUT2D eigenvalue weighted by atomic mass is 10.2. The smallest absolute Gasteiger partial charge is 0.257 e. The summed E-state index contributed by atoms with van der Waals surface area (Å²) >= 11 is 0. The van der Waals surface area contributed by atoms with Crippen molar-refractivity contribution in [2.75, 3.05) is 19.5 Å². The predicted molar refractivity (Wildman–Crippen MR) is 141 cm³/mol. The second kappa shape index (κ2) is 9.57. The molecule has 3 aromatic heterocycles. The number of amides is 1. The van der Waals surface area contributed by atoms with Crippen LogP contribution < -0.4 is 14.8 Å². The van der Waals surface area contributed by atoms with Crippen molar-refractivity contribution in [2.45, 2.75) is 38.8 Å². The van der Waals surface area contributed by atoms with Gasteiger partial charge in [-0.25, -0.2) is 14.6 Å². The number of imidazole rings is 1. The predicted octanol–water partition coefficient (Wildman–Crippen LogP) is 4.83. The van der Waals surface area contributed by atoms with Gasteiger partial charge in [0.25, 0.3) is 5.91 Å². The van der Waals surface area contributed by atoms with Gasteiger partial charge in [0.15, 0.2) is 5.65 Å². The van der Waals surface area contributed by atoms with Crippen LogP contribution in [0.5, 0.6) is 11.5 Å². The molecular formula is C28H28N6O3. The molecule has 0 spiro atoms. The number of aromatic nitrogens is 5. The number of carbonyl (C=O) groups excluding carboxylic acids is 1. The Labute approximate surface area is 214 Å². The van der Waals surface area contributed by atoms with E-state index in [2.05, 4.69) is 20.0 Å². The summed E-state index contributed by atoms with van der Waals surface area (Å²) in [5, 5.41) is 8.27. The number of pyridine rings is 1. The lowest BCUT2D eigenvalue weighted by Gasteiger charge is -2.11. The minimum atomic E-state index is -0.223. The molecule has 2 aromatic carbocycles. The molecule has 0 saturated carbocycles. The van der Waals surface area contributed by atoms with Gasteiger partial charge >= 0.3 is 0 Å². The van der Waals surface area contributed by atoms with Crippen molar-refractivity contribution in [1.29, 1.82) is 0 Å². The normalized spacial score (nSPS) is 13.4. The van der Waals surface area contributed by atoms with E-state index in [0.29, 0.717) is 29.2 Å². The summed E-state index contributed by atoms with van der Waals surface area (Å²) in [6.45, 7) is 1.48. The molecule has 0 fully saturated rings. The Kier molecular flexibility index (Phi) is 5.96. The van der Waals surface area contributed by atoms with E-state index in [9.17, 15) is 4.79 Å². The molecule has 1 aliphatic heterocycles. The van der Waals surface area contributed by atoms with E-state index < -0.39 is 0 Å². The van der Waals surface area contributed by atoms with Gasteiger partial charge in [0.05, 0.1) is 43.6 Å². The lowest BCUT2D eigenvalue weighted by molar-refractivity contribution is 0.102. The number of hydrogen-bond acceptors (Lipinski definition) is 6. The van der Waals surface area contributed by atoms with Crippen LogP contribution in [0.15, 0.2) is 54.9 Å². The number of rotatable bonds is 6. The van der Waals surface area contributed by atoms with Crippen LogP contribution in [0.2, 0.25) is 0 Å². The summed E-state index contributed by atoms with van der Waals surface area (Å²) < 4.78 is 14.9. The number of aryl methyl sites for hydroxylation is 2. The molecule has 9 heteroatoms. The van der Waals surface area contributed by atoms with Crippen molar-refractivity contribution in [3.05, 3.63) is 71.8 Å². The van der Waals surface area contributed by atoms with Gasteiger partial charge in [-0.1, -0.05) is 6.42 Å². The molecule has 1 amide bonds. The van der Waals surface area contributed by atoms with Crippen LogP contribution in [0, 0.1) is 0 Å². The van der Waals surface area contributed by atoms with E-state index in [0.717, 1.165) is 46.5 Å². The lowest BCUT2D eigenvalue weighted by Crippen LogP contribution is -2.12. The van der Waals surface area contributed by atoms with Gasteiger partial charge < -0.3 is 19.4 Å². The number of methoxy groups -OCH3 is 2. The van der Waals surface area contributed by atoms with Crippen molar-refractivity contribution < 1.29 is 14.3 Å². The zero-order valence-corrected chi connectivity index (χ0v) is 20.9. The molecule has 9 nitrogen and oxygen atoms in total. The van der Waals surface area contributed by atoms with Crippen LogP contribution in [0.25, 0.3) is 22.1 Å². The molecule has 0 saturated heterocycles. The molecular weight excluding hydrogens is 468 g/mol. The Morgan fingerprint density at radius 2 is 1.95 bits per heavy atom. The molecule has 6 rings (SSSR count). The van der Waals surface area contributed by atoms with Gasteiger partial charge in [0, 0.05) is 41.9 Å². The third kappa shape index (κ3) is 4.37. The molecule has 0 bridgehead atoms. The zero-order chi connectivity index (χ0) is 25.4. The molecule has 0 radical (unpaired) electrons. The first-order chi connectivity index (χ1) is 18.1. The van der Waals surface area contributed by atoms with Crippen LogP contribution >= 0.6 is 0 Å². The highest BCUT2D eigenvalue weighted by Gasteiger charge is 2.16. The fourth-order valence-electron chi connectivity index (χ4n) is 4.99. The van der Waals surface area contributed by atoms with Crippen molar-refractivity contribution in [1.82, 2.24) is 24.3 Å². The second-order valence-corrected chi connectivity index (χ2v) is 9.26. The Bertz CT molecular complexity index is 1620. The highest BCUT2D eigenvalue weighted by atomic mass is 16.5. The fraction of sp³-hybridized carbons (Fsp3) is 0.286. The fourth-order valence-corrected chi connectivity index (χ4v) is 4.99. The highest BCUT2D eigenvalue weighted by molar-refractivity contribution is 6.06. The summed E-state index contributed by atoms with van der Waals surface area (Å²) in [6, 6.07) is 13.4. The molecule has 0 atom stereocenters. The van der Waals surface area contributed by atoms with Crippen molar-refractivity contribution >= 4 is 33.7 Å². The first kappa shape index (κ1) is 23.0.